The highest BCUT2D eigenvalue weighted by Crippen LogP contribution is 2.67. The number of aliphatic hydroxyl groups is 1. The van der Waals surface area contributed by atoms with E-state index in [2.05, 4.69) is 13.2 Å². The second kappa shape index (κ2) is 4.01. The van der Waals surface area contributed by atoms with E-state index in [-0.39, 0.29) is 0 Å². The summed E-state index contributed by atoms with van der Waals surface area (Å²) in [4.78, 5) is 0. The van der Waals surface area contributed by atoms with Crippen LogP contribution in [0.4, 0.5) is 0 Å². The lowest BCUT2D eigenvalue weighted by atomic mass is 9.85. The van der Waals surface area contributed by atoms with Crippen LogP contribution in [0.2, 0.25) is 0 Å². The number of hydrogen-bond donors (Lipinski definition) is 1. The smallest absolute Gasteiger partial charge is 0.162 e. The Morgan fingerprint density at radius 1 is 1.00 bits per heavy atom. The average Bonchev–Trinajstić information content (AvgIpc) is 2.77. The summed E-state index contributed by atoms with van der Waals surface area (Å²) in [6, 6.07) is 0. The van der Waals surface area contributed by atoms with Gasteiger partial charge >= 0.3 is 0 Å². The second-order valence-corrected chi connectivity index (χ2v) is 5.96. The van der Waals surface area contributed by atoms with Gasteiger partial charge < -0.3 is 14.6 Å². The van der Waals surface area contributed by atoms with Crippen molar-refractivity contribution >= 4 is 0 Å². The molecule has 0 amide bonds. The van der Waals surface area contributed by atoms with Crippen molar-refractivity contribution in [2.24, 2.45) is 5.41 Å². The van der Waals surface area contributed by atoms with Gasteiger partial charge in [-0.25, -0.2) is 0 Å². The Morgan fingerprint density at radius 2 is 1.47 bits per heavy atom. The maximum Gasteiger partial charge on any atom is 0.162 e. The van der Waals surface area contributed by atoms with Crippen LogP contribution in [0.5, 0.6) is 0 Å². The third-order valence-corrected chi connectivity index (χ3v) is 4.74. The van der Waals surface area contributed by atoms with Gasteiger partial charge in [0.25, 0.3) is 0 Å². The Labute approximate surface area is 114 Å². The molecule has 1 aliphatic heterocycles. The van der Waals surface area contributed by atoms with Gasteiger partial charge in [-0.1, -0.05) is 25.3 Å². The summed E-state index contributed by atoms with van der Waals surface area (Å²) in [5.41, 5.74) is -1.66. The Kier molecular flexibility index (Phi) is 2.94. The molecule has 0 aromatic rings. The molecule has 0 spiro atoms. The third kappa shape index (κ3) is 1.61. The van der Waals surface area contributed by atoms with Crippen LogP contribution < -0.4 is 0 Å². The number of allylic oxidation sites excluding steroid dienone is 4. The molecule has 104 valence electrons. The highest BCUT2D eigenvalue weighted by molar-refractivity contribution is 5.37. The summed E-state index contributed by atoms with van der Waals surface area (Å²) in [6.45, 7) is 15.2. The molecule has 3 atom stereocenters. The molecule has 2 fully saturated rings. The van der Waals surface area contributed by atoms with Crippen molar-refractivity contribution in [2.45, 2.75) is 45.0 Å². The standard InChI is InChI=1S/C16H22O3/c1-7-9-11-12(10-8-2)19-16(6)13(17)15(16,5)14(3,4)18-11/h7-10,13,17H,1-2H2,3-6H3/b11-9+,12-10+. The van der Waals surface area contributed by atoms with E-state index >= 15 is 0 Å². The first-order valence-electron chi connectivity index (χ1n) is 6.46. The first-order chi connectivity index (χ1) is 8.74. The fourth-order valence-electron chi connectivity index (χ4n) is 2.98. The molecule has 2 aliphatic rings. The number of hydrogen-bond acceptors (Lipinski definition) is 3. The normalized spacial score (nSPS) is 43.7. The maximum atomic E-state index is 10.3. The number of ether oxygens (including phenoxy) is 2. The summed E-state index contributed by atoms with van der Waals surface area (Å²) in [7, 11) is 0. The molecule has 1 heterocycles. The number of aliphatic hydroxyl groups excluding tert-OH is 1. The van der Waals surface area contributed by atoms with Crippen LogP contribution in [0, 0.1) is 5.41 Å². The molecule has 3 unspecified atom stereocenters. The molecular weight excluding hydrogens is 240 g/mol. The van der Waals surface area contributed by atoms with Crippen LogP contribution in [-0.2, 0) is 9.47 Å². The fourth-order valence-corrected chi connectivity index (χ4v) is 2.98. The van der Waals surface area contributed by atoms with Crippen molar-refractivity contribution in [3.05, 3.63) is 49.0 Å². The van der Waals surface area contributed by atoms with E-state index < -0.39 is 22.7 Å². The summed E-state index contributed by atoms with van der Waals surface area (Å²) >= 11 is 0. The summed E-state index contributed by atoms with van der Waals surface area (Å²) < 4.78 is 12.1. The van der Waals surface area contributed by atoms with Crippen molar-refractivity contribution in [1.82, 2.24) is 0 Å². The van der Waals surface area contributed by atoms with Crippen molar-refractivity contribution in [1.29, 1.82) is 0 Å². The molecule has 1 aliphatic carbocycles. The van der Waals surface area contributed by atoms with Gasteiger partial charge in [0.2, 0.25) is 0 Å². The van der Waals surface area contributed by atoms with E-state index in [0.717, 1.165) is 0 Å². The SMILES string of the molecule is C=C/C=C1/OC(C)(C)C2(C)C(O)C2(C)O/C1=C/C=C. The molecule has 0 radical (unpaired) electrons. The molecule has 0 bridgehead atoms. The van der Waals surface area contributed by atoms with Gasteiger partial charge in [-0.05, 0) is 39.8 Å². The van der Waals surface area contributed by atoms with E-state index in [1.807, 2.05) is 27.7 Å². The number of rotatable bonds is 2. The Morgan fingerprint density at radius 3 is 1.95 bits per heavy atom. The Balaban J connectivity index is 2.53. The van der Waals surface area contributed by atoms with Crippen molar-refractivity contribution in [3.8, 4) is 0 Å². The summed E-state index contributed by atoms with van der Waals surface area (Å²) in [6.07, 6.45) is 6.25. The summed E-state index contributed by atoms with van der Waals surface area (Å²) in [5.74, 6) is 1.19. The zero-order valence-corrected chi connectivity index (χ0v) is 12.1. The van der Waals surface area contributed by atoms with Gasteiger partial charge in [0, 0.05) is 0 Å². The highest BCUT2D eigenvalue weighted by atomic mass is 16.6. The molecule has 3 nitrogen and oxygen atoms in total. The second-order valence-electron chi connectivity index (χ2n) is 5.96. The maximum absolute atomic E-state index is 10.3. The quantitative estimate of drug-likeness (QED) is 0.831. The Hall–Kier alpha value is -1.48. The van der Waals surface area contributed by atoms with Crippen molar-refractivity contribution in [3.63, 3.8) is 0 Å². The molecule has 0 aromatic heterocycles. The fraction of sp³-hybridized carbons (Fsp3) is 0.500. The van der Waals surface area contributed by atoms with E-state index in [0.29, 0.717) is 11.5 Å². The zero-order valence-electron chi connectivity index (χ0n) is 12.1. The molecule has 1 saturated carbocycles. The molecule has 1 saturated heterocycles. The Bertz CT molecular complexity index is 475. The van der Waals surface area contributed by atoms with Gasteiger partial charge in [0.1, 0.15) is 17.3 Å². The minimum atomic E-state index is -0.651. The van der Waals surface area contributed by atoms with E-state index in [1.54, 1.807) is 24.3 Å². The van der Waals surface area contributed by atoms with Gasteiger partial charge in [-0.3, -0.25) is 0 Å². The van der Waals surface area contributed by atoms with E-state index in [9.17, 15) is 5.11 Å². The predicted molar refractivity (Wildman–Crippen MR) is 75.3 cm³/mol. The van der Waals surface area contributed by atoms with E-state index in [1.165, 1.54) is 0 Å². The lowest BCUT2D eigenvalue weighted by Crippen LogP contribution is -2.38. The molecule has 3 heteroatoms. The third-order valence-electron chi connectivity index (χ3n) is 4.74. The van der Waals surface area contributed by atoms with Crippen molar-refractivity contribution in [2.75, 3.05) is 0 Å². The van der Waals surface area contributed by atoms with Crippen molar-refractivity contribution < 1.29 is 14.6 Å². The van der Waals surface area contributed by atoms with Crippen LogP contribution in [0.3, 0.4) is 0 Å². The van der Waals surface area contributed by atoms with Crippen LogP contribution in [0.1, 0.15) is 27.7 Å². The highest BCUT2D eigenvalue weighted by Gasteiger charge is 2.81. The zero-order chi connectivity index (χ0) is 14.5. The minimum absolute atomic E-state index is 0.461. The number of fused-ring (bicyclic) bond motifs is 1. The van der Waals surface area contributed by atoms with Crippen LogP contribution in [0.15, 0.2) is 49.0 Å². The largest absolute Gasteiger partial charge is 0.483 e. The summed E-state index contributed by atoms with van der Waals surface area (Å²) in [5, 5.41) is 10.3. The lowest BCUT2D eigenvalue weighted by molar-refractivity contribution is -0.0372. The monoisotopic (exact) mass is 262 g/mol. The molecule has 2 rings (SSSR count). The van der Waals surface area contributed by atoms with Crippen LogP contribution >= 0.6 is 0 Å². The van der Waals surface area contributed by atoms with E-state index in [4.69, 9.17) is 9.47 Å². The molecule has 1 N–H and O–H groups in total. The first-order valence-corrected chi connectivity index (χ1v) is 6.46. The molecular formula is C16H22O3. The average molecular weight is 262 g/mol. The first kappa shape index (κ1) is 13.9. The molecule has 19 heavy (non-hydrogen) atoms. The topological polar surface area (TPSA) is 38.7 Å². The molecule has 0 aromatic carbocycles. The van der Waals surface area contributed by atoms with Gasteiger partial charge in [-0.15, -0.1) is 0 Å². The van der Waals surface area contributed by atoms with Gasteiger partial charge in [0.15, 0.2) is 11.5 Å². The van der Waals surface area contributed by atoms with Gasteiger partial charge in [0.05, 0.1) is 5.41 Å². The lowest BCUT2D eigenvalue weighted by Gasteiger charge is -2.32. The minimum Gasteiger partial charge on any atom is -0.483 e. The van der Waals surface area contributed by atoms with Crippen LogP contribution in [0.25, 0.3) is 0 Å². The predicted octanol–water partition coefficient (Wildman–Crippen LogP) is 3.09. The van der Waals surface area contributed by atoms with Crippen LogP contribution in [-0.4, -0.2) is 22.4 Å². The van der Waals surface area contributed by atoms with Gasteiger partial charge in [-0.2, -0.15) is 0 Å².